The third-order valence-electron chi connectivity index (χ3n) is 9.17. The van der Waals surface area contributed by atoms with Crippen molar-refractivity contribution in [3.63, 3.8) is 0 Å². The van der Waals surface area contributed by atoms with Crippen LogP contribution in [-0.2, 0) is 0 Å². The van der Waals surface area contributed by atoms with Gasteiger partial charge in [-0.25, -0.2) is 0 Å². The van der Waals surface area contributed by atoms with Gasteiger partial charge in [-0.2, -0.15) is 10.5 Å². The molecule has 0 amide bonds. The number of nitrogens with zero attached hydrogens (tertiary/aromatic N) is 4. The monoisotopic (exact) mass is 576 g/mol. The van der Waals surface area contributed by atoms with E-state index in [2.05, 4.69) is 132 Å². The van der Waals surface area contributed by atoms with E-state index in [1.807, 2.05) is 25.1 Å². The minimum atomic E-state index is 0.591. The number of benzene rings is 6. The zero-order valence-electron chi connectivity index (χ0n) is 25.3. The molecule has 0 radical (unpaired) electrons. The lowest BCUT2D eigenvalue weighted by Crippen LogP contribution is -2.07. The molecule has 2 aromatic heterocycles. The molecule has 0 saturated carbocycles. The highest BCUT2D eigenvalue weighted by molar-refractivity contribution is 6.12. The summed E-state index contributed by atoms with van der Waals surface area (Å²) in [5.74, 6) is 0. The Balaban J connectivity index is 1.60. The molecule has 0 fully saturated rings. The normalized spacial score (nSPS) is 11.4. The van der Waals surface area contributed by atoms with Gasteiger partial charge in [-0.15, -0.1) is 0 Å². The predicted molar refractivity (Wildman–Crippen MR) is 184 cm³/mol. The Kier molecular flexibility index (Phi) is 5.88. The molecule has 0 unspecified atom stereocenters. The van der Waals surface area contributed by atoms with E-state index in [0.29, 0.717) is 11.1 Å². The lowest BCUT2D eigenvalue weighted by atomic mass is 9.94. The van der Waals surface area contributed by atoms with E-state index >= 15 is 0 Å². The molecular formula is C41H28N4. The number of aryl methyl sites for hydroxylation is 3. The first-order valence-corrected chi connectivity index (χ1v) is 15.1. The summed E-state index contributed by atoms with van der Waals surface area (Å²) in [5, 5.41) is 25.4. The van der Waals surface area contributed by atoms with Crippen molar-refractivity contribution in [2.75, 3.05) is 0 Å². The largest absolute Gasteiger partial charge is 0.308 e. The summed E-state index contributed by atoms with van der Waals surface area (Å²) in [6.07, 6.45) is 0. The number of hydrogen-bond donors (Lipinski definition) is 0. The van der Waals surface area contributed by atoms with Crippen LogP contribution >= 0.6 is 0 Å². The number of aromatic nitrogens is 2. The lowest BCUT2D eigenvalue weighted by Gasteiger charge is -2.21. The first-order valence-electron chi connectivity index (χ1n) is 15.1. The SMILES string of the molecule is Cc1cc(C#N)ccc1-c1ccc(-n2c3ccccc3c3cccc(C)c32)c(C#N)c1-n1c2ccccc2c2cccc(C)c21. The average molecular weight is 577 g/mol. The Hall–Kier alpha value is -6.10. The van der Waals surface area contributed by atoms with E-state index in [1.165, 1.54) is 0 Å². The van der Waals surface area contributed by atoms with Gasteiger partial charge >= 0.3 is 0 Å². The topological polar surface area (TPSA) is 57.4 Å². The van der Waals surface area contributed by atoms with Crippen molar-refractivity contribution in [1.82, 2.24) is 9.13 Å². The molecule has 45 heavy (non-hydrogen) atoms. The number of rotatable bonds is 3. The Morgan fingerprint density at radius 2 is 1.04 bits per heavy atom. The van der Waals surface area contributed by atoms with Gasteiger partial charge in [-0.1, -0.05) is 84.9 Å². The maximum atomic E-state index is 11.2. The van der Waals surface area contributed by atoms with Crippen LogP contribution in [0.2, 0.25) is 0 Å². The second kappa shape index (κ2) is 9.98. The first kappa shape index (κ1) is 26.5. The van der Waals surface area contributed by atoms with Crippen molar-refractivity contribution in [2.24, 2.45) is 0 Å². The van der Waals surface area contributed by atoms with Crippen LogP contribution in [0.5, 0.6) is 0 Å². The third kappa shape index (κ3) is 3.77. The van der Waals surface area contributed by atoms with E-state index in [-0.39, 0.29) is 0 Å². The molecule has 212 valence electrons. The molecule has 4 nitrogen and oxygen atoms in total. The number of nitriles is 2. The maximum absolute atomic E-state index is 11.2. The lowest BCUT2D eigenvalue weighted by molar-refractivity contribution is 1.11. The second-order valence-corrected chi connectivity index (χ2v) is 11.8. The number of para-hydroxylation sites is 4. The van der Waals surface area contributed by atoms with Crippen molar-refractivity contribution in [3.8, 4) is 34.6 Å². The van der Waals surface area contributed by atoms with E-state index in [0.717, 1.165) is 82.8 Å². The van der Waals surface area contributed by atoms with Crippen molar-refractivity contribution in [2.45, 2.75) is 20.8 Å². The summed E-state index contributed by atoms with van der Waals surface area (Å²) in [7, 11) is 0. The minimum Gasteiger partial charge on any atom is -0.308 e. The van der Waals surface area contributed by atoms with Gasteiger partial charge in [0.25, 0.3) is 0 Å². The Morgan fingerprint density at radius 1 is 0.489 bits per heavy atom. The van der Waals surface area contributed by atoms with Gasteiger partial charge in [0, 0.05) is 27.1 Å². The number of hydrogen-bond acceptors (Lipinski definition) is 2. The van der Waals surface area contributed by atoms with Crippen LogP contribution in [0.25, 0.3) is 66.1 Å². The molecule has 8 rings (SSSR count). The zero-order chi connectivity index (χ0) is 30.8. The maximum Gasteiger partial charge on any atom is 0.104 e. The molecule has 0 aliphatic carbocycles. The van der Waals surface area contributed by atoms with Crippen LogP contribution in [0.15, 0.2) is 115 Å². The highest BCUT2D eigenvalue weighted by atomic mass is 15.0. The van der Waals surface area contributed by atoms with E-state index < -0.39 is 0 Å². The van der Waals surface area contributed by atoms with Crippen LogP contribution in [0, 0.1) is 43.4 Å². The van der Waals surface area contributed by atoms with Crippen LogP contribution < -0.4 is 0 Å². The van der Waals surface area contributed by atoms with Crippen LogP contribution in [-0.4, -0.2) is 9.13 Å². The fraction of sp³-hybridized carbons (Fsp3) is 0.0732. The summed E-state index contributed by atoms with van der Waals surface area (Å²) in [6, 6.07) is 44.7. The highest BCUT2D eigenvalue weighted by Gasteiger charge is 2.25. The summed E-state index contributed by atoms with van der Waals surface area (Å²) < 4.78 is 4.55. The molecule has 2 heterocycles. The van der Waals surface area contributed by atoms with Crippen molar-refractivity contribution in [3.05, 3.63) is 143 Å². The zero-order valence-corrected chi connectivity index (χ0v) is 25.3. The molecule has 0 saturated heterocycles. The Labute approximate surface area is 261 Å². The van der Waals surface area contributed by atoms with Gasteiger partial charge in [0.15, 0.2) is 0 Å². The van der Waals surface area contributed by atoms with Crippen molar-refractivity contribution < 1.29 is 0 Å². The molecule has 0 atom stereocenters. The van der Waals surface area contributed by atoms with E-state index in [4.69, 9.17) is 0 Å². The fourth-order valence-electron chi connectivity index (χ4n) is 7.22. The second-order valence-electron chi connectivity index (χ2n) is 11.8. The van der Waals surface area contributed by atoms with Gasteiger partial charge in [0.1, 0.15) is 11.6 Å². The van der Waals surface area contributed by atoms with Gasteiger partial charge < -0.3 is 9.13 Å². The molecule has 6 aromatic carbocycles. The van der Waals surface area contributed by atoms with Gasteiger partial charge in [0.05, 0.1) is 45.1 Å². The molecule has 8 aromatic rings. The summed E-state index contributed by atoms with van der Waals surface area (Å²) in [4.78, 5) is 0. The molecule has 0 spiro atoms. The first-order chi connectivity index (χ1) is 22.0. The van der Waals surface area contributed by atoms with E-state index in [9.17, 15) is 10.5 Å². The van der Waals surface area contributed by atoms with Crippen LogP contribution in [0.3, 0.4) is 0 Å². The summed E-state index contributed by atoms with van der Waals surface area (Å²) in [6.45, 7) is 6.30. The standard InChI is InChI=1S/C41H28N4/c1-25-10-8-14-32-30-12-4-6-16-36(30)44(39(25)32)38-21-20-34(29-19-18-28(23-42)22-27(29)3)41(35(38)24-43)45-37-17-7-5-13-31(37)33-15-9-11-26(2)40(33)45/h4-22H,1-3H3. The molecule has 0 bridgehead atoms. The van der Waals surface area contributed by atoms with Crippen molar-refractivity contribution in [1.29, 1.82) is 10.5 Å². The predicted octanol–water partition coefficient (Wildman–Crippen LogP) is 10.2. The van der Waals surface area contributed by atoms with E-state index in [1.54, 1.807) is 0 Å². The fourth-order valence-corrected chi connectivity index (χ4v) is 7.22. The highest BCUT2D eigenvalue weighted by Crippen LogP contribution is 2.43. The average Bonchev–Trinajstić information content (AvgIpc) is 3.59. The van der Waals surface area contributed by atoms with Crippen LogP contribution in [0.1, 0.15) is 27.8 Å². The van der Waals surface area contributed by atoms with Gasteiger partial charge in [-0.05, 0) is 73.4 Å². The molecular weight excluding hydrogens is 548 g/mol. The molecule has 4 heteroatoms. The number of fused-ring (bicyclic) bond motifs is 6. The summed E-state index contributed by atoms with van der Waals surface area (Å²) in [5.41, 5.74) is 12.4. The van der Waals surface area contributed by atoms with Gasteiger partial charge in [0.2, 0.25) is 0 Å². The molecule has 0 N–H and O–H groups in total. The Morgan fingerprint density at radius 3 is 1.64 bits per heavy atom. The molecule has 0 aliphatic rings. The quantitative estimate of drug-likeness (QED) is 0.210. The summed E-state index contributed by atoms with van der Waals surface area (Å²) >= 11 is 0. The van der Waals surface area contributed by atoms with Crippen LogP contribution in [0.4, 0.5) is 0 Å². The van der Waals surface area contributed by atoms with Crippen molar-refractivity contribution >= 4 is 43.6 Å². The molecule has 0 aliphatic heterocycles. The smallest absolute Gasteiger partial charge is 0.104 e. The Bertz CT molecular complexity index is 2600. The van der Waals surface area contributed by atoms with Gasteiger partial charge in [-0.3, -0.25) is 0 Å². The third-order valence-corrected chi connectivity index (χ3v) is 9.17. The minimum absolute atomic E-state index is 0.591.